The van der Waals surface area contributed by atoms with Crippen molar-refractivity contribution in [1.29, 1.82) is 0 Å². The maximum atomic E-state index is 16.1. The summed E-state index contributed by atoms with van der Waals surface area (Å²) in [7, 11) is 1.90. The van der Waals surface area contributed by atoms with Crippen molar-refractivity contribution in [3.05, 3.63) is 72.8 Å². The number of aromatic nitrogens is 3. The van der Waals surface area contributed by atoms with E-state index in [0.29, 0.717) is 46.9 Å². The van der Waals surface area contributed by atoms with E-state index >= 15 is 4.39 Å². The lowest BCUT2D eigenvalue weighted by atomic mass is 9.83. The van der Waals surface area contributed by atoms with Crippen LogP contribution in [0.15, 0.2) is 61.4 Å². The van der Waals surface area contributed by atoms with Gasteiger partial charge in [0.1, 0.15) is 23.6 Å². The number of anilines is 2. The van der Waals surface area contributed by atoms with Crippen molar-refractivity contribution in [2.24, 2.45) is 7.05 Å². The van der Waals surface area contributed by atoms with Crippen LogP contribution in [0, 0.1) is 5.82 Å². The number of rotatable bonds is 8. The molecule has 4 aromatic rings. The molecule has 3 heterocycles. The lowest BCUT2D eigenvalue weighted by Gasteiger charge is -2.51. The lowest BCUT2D eigenvalue weighted by molar-refractivity contribution is -0.156. The number of nitrogens with one attached hydrogen (secondary N) is 1. The summed E-state index contributed by atoms with van der Waals surface area (Å²) in [6, 6.07) is 13.0. The molecule has 0 radical (unpaired) electrons. The van der Waals surface area contributed by atoms with Gasteiger partial charge in [-0.2, -0.15) is 0 Å². The number of nitrogens with two attached hydrogens (primary N) is 1. The maximum Gasteiger partial charge on any atom is 0.247 e. The highest BCUT2D eigenvalue weighted by Gasteiger charge is 2.47. The Hall–Kier alpha value is -4.08. The number of hydrogen-bond acceptors (Lipinski definition) is 6. The highest BCUT2D eigenvalue weighted by molar-refractivity contribution is 6.08. The first-order chi connectivity index (χ1) is 18.7. The van der Waals surface area contributed by atoms with Gasteiger partial charge in [0, 0.05) is 29.9 Å². The molecular weight excluding hydrogens is 495 g/mol. The topological polar surface area (TPSA) is 98.3 Å². The first kappa shape index (κ1) is 26.5. The van der Waals surface area contributed by atoms with Gasteiger partial charge in [-0.1, -0.05) is 37.8 Å². The van der Waals surface area contributed by atoms with Gasteiger partial charge >= 0.3 is 0 Å². The normalized spacial score (nSPS) is 14.5. The second-order valence-corrected chi connectivity index (χ2v) is 10.1. The van der Waals surface area contributed by atoms with Gasteiger partial charge in [0.05, 0.1) is 29.8 Å². The predicted octanol–water partition coefficient (Wildman–Crippen LogP) is 5.10. The third kappa shape index (κ3) is 4.37. The first-order valence-corrected chi connectivity index (χ1v) is 13.0. The van der Waals surface area contributed by atoms with Gasteiger partial charge in [0.25, 0.3) is 0 Å². The Balaban J connectivity index is 1.67. The summed E-state index contributed by atoms with van der Waals surface area (Å²) >= 11 is 0. The highest BCUT2D eigenvalue weighted by atomic mass is 19.1. The van der Waals surface area contributed by atoms with Crippen LogP contribution < -0.4 is 11.1 Å². The number of aryl methyl sites for hydroxylation is 1. The number of hydrogen-bond donors (Lipinski definition) is 2. The van der Waals surface area contributed by atoms with Crippen LogP contribution in [0.4, 0.5) is 15.9 Å². The predicted molar refractivity (Wildman–Crippen MR) is 153 cm³/mol. The van der Waals surface area contributed by atoms with E-state index in [-0.39, 0.29) is 17.8 Å². The first-order valence-electron chi connectivity index (χ1n) is 13.0. The van der Waals surface area contributed by atoms with Gasteiger partial charge in [0.15, 0.2) is 0 Å². The zero-order valence-electron chi connectivity index (χ0n) is 22.7. The Morgan fingerprint density at radius 2 is 1.92 bits per heavy atom. The van der Waals surface area contributed by atoms with Crippen molar-refractivity contribution in [2.45, 2.75) is 32.4 Å². The van der Waals surface area contributed by atoms with Crippen molar-refractivity contribution < 1.29 is 13.9 Å². The third-order valence-electron chi connectivity index (χ3n) is 7.56. The zero-order chi connectivity index (χ0) is 27.9. The van der Waals surface area contributed by atoms with Crippen LogP contribution in [0.1, 0.15) is 26.3 Å². The molecule has 8 nitrogen and oxygen atoms in total. The van der Waals surface area contributed by atoms with Crippen molar-refractivity contribution >= 4 is 28.4 Å². The molecule has 1 aliphatic heterocycles. The van der Waals surface area contributed by atoms with Gasteiger partial charge in [-0.3, -0.25) is 9.69 Å². The lowest BCUT2D eigenvalue weighted by Crippen LogP contribution is -2.61. The number of likely N-dealkylation sites (N-methyl/N-ethyl adjacent to an activating group) is 1. The van der Waals surface area contributed by atoms with Crippen LogP contribution in [0.2, 0.25) is 0 Å². The summed E-state index contributed by atoms with van der Waals surface area (Å²) in [6.07, 6.45) is 2.64. The van der Waals surface area contributed by atoms with Crippen LogP contribution in [0.25, 0.3) is 33.4 Å². The molecule has 0 aliphatic carbocycles. The molecule has 1 aliphatic rings. The Morgan fingerprint density at radius 3 is 2.49 bits per heavy atom. The van der Waals surface area contributed by atoms with E-state index in [4.69, 9.17) is 10.5 Å². The molecule has 0 bridgehead atoms. The van der Waals surface area contributed by atoms with Gasteiger partial charge in [-0.25, -0.2) is 14.4 Å². The number of halogens is 1. The summed E-state index contributed by atoms with van der Waals surface area (Å²) in [5.74, 6) is -0.270. The van der Waals surface area contributed by atoms with E-state index in [9.17, 15) is 4.79 Å². The maximum absolute atomic E-state index is 16.1. The SMILES string of the molecule is C=CC(=O)Nc1ccc(-c2c(-c3ccc(C4(N(CC)C(C)C)COC4)c(F)c3)c3c(N)ncnc3n2C)cc1. The molecule has 5 rings (SSSR count). The van der Waals surface area contributed by atoms with Crippen LogP contribution >= 0.6 is 0 Å². The highest BCUT2D eigenvalue weighted by Crippen LogP contribution is 2.44. The fourth-order valence-corrected chi connectivity index (χ4v) is 5.78. The van der Waals surface area contributed by atoms with Gasteiger partial charge in [-0.05, 0) is 55.8 Å². The summed E-state index contributed by atoms with van der Waals surface area (Å²) in [6.45, 7) is 11.5. The average Bonchev–Trinajstić information content (AvgIpc) is 3.20. The van der Waals surface area contributed by atoms with Crippen LogP contribution in [-0.4, -0.2) is 51.1 Å². The molecule has 1 amide bonds. The Bertz CT molecular complexity index is 1560. The smallest absolute Gasteiger partial charge is 0.247 e. The van der Waals surface area contributed by atoms with E-state index in [0.717, 1.165) is 23.4 Å². The van der Waals surface area contributed by atoms with Gasteiger partial charge in [0.2, 0.25) is 5.91 Å². The molecule has 39 heavy (non-hydrogen) atoms. The number of benzene rings is 2. The number of nitrogen functional groups attached to an aromatic ring is 1. The van der Waals surface area contributed by atoms with E-state index < -0.39 is 5.54 Å². The molecular formula is C30H33FN6O2. The molecule has 0 saturated carbocycles. The second-order valence-electron chi connectivity index (χ2n) is 10.1. The average molecular weight is 529 g/mol. The van der Waals surface area contributed by atoms with E-state index in [1.807, 2.05) is 48.0 Å². The molecule has 1 fully saturated rings. The Labute approximate surface area is 227 Å². The number of amides is 1. The molecule has 1 saturated heterocycles. The number of ether oxygens (including phenoxy) is 1. The molecule has 0 unspecified atom stereocenters. The number of carbonyl (C=O) groups is 1. The molecule has 0 spiro atoms. The molecule has 202 valence electrons. The number of nitrogens with zero attached hydrogens (tertiary/aromatic N) is 4. The van der Waals surface area contributed by atoms with E-state index in [1.165, 1.54) is 12.4 Å². The van der Waals surface area contributed by atoms with Crippen molar-refractivity contribution in [3.63, 3.8) is 0 Å². The van der Waals surface area contributed by atoms with Gasteiger partial charge < -0.3 is 20.4 Å². The van der Waals surface area contributed by atoms with Crippen molar-refractivity contribution in [1.82, 2.24) is 19.4 Å². The number of carbonyl (C=O) groups excluding carboxylic acids is 1. The fourth-order valence-electron chi connectivity index (χ4n) is 5.78. The van der Waals surface area contributed by atoms with Gasteiger partial charge in [-0.15, -0.1) is 0 Å². The fraction of sp³-hybridized carbons (Fsp3) is 0.300. The quantitative estimate of drug-likeness (QED) is 0.309. The zero-order valence-corrected chi connectivity index (χ0v) is 22.7. The summed E-state index contributed by atoms with van der Waals surface area (Å²) in [4.78, 5) is 22.7. The van der Waals surface area contributed by atoms with E-state index in [1.54, 1.807) is 6.07 Å². The Kier molecular flexibility index (Phi) is 6.96. The minimum absolute atomic E-state index is 0.235. The minimum atomic E-state index is -0.499. The van der Waals surface area contributed by atoms with Crippen molar-refractivity contribution in [2.75, 3.05) is 30.8 Å². The largest absolute Gasteiger partial charge is 0.383 e. The monoisotopic (exact) mass is 528 g/mol. The minimum Gasteiger partial charge on any atom is -0.383 e. The number of fused-ring (bicyclic) bond motifs is 1. The van der Waals surface area contributed by atoms with Crippen molar-refractivity contribution in [3.8, 4) is 22.4 Å². The third-order valence-corrected chi connectivity index (χ3v) is 7.56. The molecule has 2 aromatic heterocycles. The van der Waals surface area contributed by atoms with Crippen LogP contribution in [-0.2, 0) is 22.1 Å². The summed E-state index contributed by atoms with van der Waals surface area (Å²) in [5, 5.41) is 3.42. The summed E-state index contributed by atoms with van der Waals surface area (Å²) < 4.78 is 23.6. The standard InChI is InChI=1S/C30H33FN6O2/c1-6-24(38)35-21-11-8-19(9-12-21)27-25(26-28(32)33-17-34-29(26)36(27)5)20-10-13-22(23(31)14-20)30(15-39-16-30)37(7-2)18(3)4/h6,8-14,17-18H,1,7,15-16H2,2-5H3,(H,35,38)(H2,32,33,34). The van der Waals surface area contributed by atoms with E-state index in [2.05, 4.69) is 47.5 Å². The second kappa shape index (κ2) is 10.2. The summed E-state index contributed by atoms with van der Waals surface area (Å²) in [5.41, 5.74) is 10.9. The van der Waals surface area contributed by atoms with Crippen LogP contribution in [0.5, 0.6) is 0 Å². The van der Waals surface area contributed by atoms with Crippen LogP contribution in [0.3, 0.4) is 0 Å². The molecule has 2 aromatic carbocycles. The molecule has 3 N–H and O–H groups in total. The molecule has 0 atom stereocenters. The molecule has 9 heteroatoms. The Morgan fingerprint density at radius 1 is 1.23 bits per heavy atom.